The number of nitrogens with zero attached hydrogens (tertiary/aromatic N) is 2. The van der Waals surface area contributed by atoms with E-state index in [1.54, 1.807) is 9.80 Å². The molecule has 8 heteroatoms. The molecule has 2 N–H and O–H groups in total. The number of amides is 4. The van der Waals surface area contributed by atoms with Crippen molar-refractivity contribution < 1.29 is 19.1 Å². The lowest BCUT2D eigenvalue weighted by Crippen LogP contribution is -2.54. The van der Waals surface area contributed by atoms with Crippen LogP contribution >= 0.6 is 0 Å². The minimum Gasteiger partial charge on any atom is -0.457 e. The topological polar surface area (TPSA) is 91.0 Å². The molecule has 3 aromatic carbocycles. The Labute approximate surface area is 241 Å². The van der Waals surface area contributed by atoms with Gasteiger partial charge in [-0.25, -0.2) is 4.79 Å². The molecule has 0 saturated carbocycles. The summed E-state index contributed by atoms with van der Waals surface area (Å²) in [6, 6.07) is 24.8. The number of carbonyl (C=O) groups excluding carboxylic acids is 3. The van der Waals surface area contributed by atoms with Crippen molar-refractivity contribution in [2.75, 3.05) is 13.1 Å². The van der Waals surface area contributed by atoms with Gasteiger partial charge in [-0.15, -0.1) is 0 Å². The zero-order valence-electron chi connectivity index (χ0n) is 23.9. The van der Waals surface area contributed by atoms with Gasteiger partial charge in [-0.2, -0.15) is 0 Å². The molecule has 0 saturated heterocycles. The van der Waals surface area contributed by atoms with Crippen molar-refractivity contribution in [3.05, 3.63) is 107 Å². The lowest BCUT2D eigenvalue weighted by Gasteiger charge is -2.33. The van der Waals surface area contributed by atoms with Gasteiger partial charge in [-0.05, 0) is 63.1 Å². The Balaban J connectivity index is 1.50. The zero-order valence-corrected chi connectivity index (χ0v) is 23.9. The van der Waals surface area contributed by atoms with Crippen molar-refractivity contribution in [3.63, 3.8) is 0 Å². The molecular formula is C33H36N4O4. The van der Waals surface area contributed by atoms with Crippen LogP contribution in [0.25, 0.3) is 0 Å². The molecule has 2 aliphatic heterocycles. The van der Waals surface area contributed by atoms with Crippen molar-refractivity contribution in [2.45, 2.75) is 51.7 Å². The first-order valence-electron chi connectivity index (χ1n) is 14.0. The van der Waals surface area contributed by atoms with E-state index < -0.39 is 17.6 Å². The highest BCUT2D eigenvalue weighted by Gasteiger charge is 2.47. The van der Waals surface area contributed by atoms with Crippen LogP contribution in [0, 0.1) is 0 Å². The van der Waals surface area contributed by atoms with Gasteiger partial charge < -0.3 is 20.3 Å². The van der Waals surface area contributed by atoms with Crippen LogP contribution in [0.1, 0.15) is 44.9 Å². The average molecular weight is 553 g/mol. The van der Waals surface area contributed by atoms with E-state index >= 15 is 0 Å². The first kappa shape index (κ1) is 28.0. The number of urea groups is 1. The number of likely N-dealkylation sites (N-methyl/N-ethyl adjacent to an activating group) is 1. The summed E-state index contributed by atoms with van der Waals surface area (Å²) in [6.07, 6.45) is 0.355. The second kappa shape index (κ2) is 11.5. The molecule has 0 unspecified atom stereocenters. The van der Waals surface area contributed by atoms with Crippen molar-refractivity contribution in [3.8, 4) is 11.5 Å². The third-order valence-electron chi connectivity index (χ3n) is 7.19. The van der Waals surface area contributed by atoms with Gasteiger partial charge in [0.25, 0.3) is 5.91 Å². The molecule has 2 heterocycles. The summed E-state index contributed by atoms with van der Waals surface area (Å²) in [5.74, 6) is 0.789. The van der Waals surface area contributed by atoms with E-state index in [0.29, 0.717) is 35.7 Å². The number of hydrogen-bond donors (Lipinski definition) is 2. The summed E-state index contributed by atoms with van der Waals surface area (Å²) in [4.78, 5) is 44.4. The molecule has 0 radical (unpaired) electrons. The molecule has 0 spiro atoms. The van der Waals surface area contributed by atoms with Crippen LogP contribution in [0.2, 0.25) is 0 Å². The van der Waals surface area contributed by atoms with Gasteiger partial charge in [0.2, 0.25) is 5.91 Å². The minimum absolute atomic E-state index is 0.168. The molecule has 0 bridgehead atoms. The predicted octanol–water partition coefficient (Wildman–Crippen LogP) is 5.19. The second-order valence-corrected chi connectivity index (χ2v) is 11.4. The van der Waals surface area contributed by atoms with Crippen molar-refractivity contribution in [1.82, 2.24) is 20.4 Å². The largest absolute Gasteiger partial charge is 0.457 e. The first-order chi connectivity index (χ1) is 19.6. The van der Waals surface area contributed by atoms with Crippen LogP contribution in [0.5, 0.6) is 11.5 Å². The molecule has 41 heavy (non-hydrogen) atoms. The SMILES string of the molecule is CCN1C(=O)N[C@@H](c2cccc(Oc3ccccc3)c2)C2=C1CN([C@@H](Cc1ccccc1)C(=O)NC(C)(C)C)C2=O. The molecule has 0 aromatic heterocycles. The first-order valence-corrected chi connectivity index (χ1v) is 14.0. The smallest absolute Gasteiger partial charge is 0.322 e. The summed E-state index contributed by atoms with van der Waals surface area (Å²) in [5.41, 5.74) is 2.30. The Morgan fingerprint density at radius 1 is 0.976 bits per heavy atom. The van der Waals surface area contributed by atoms with Crippen molar-refractivity contribution in [2.24, 2.45) is 0 Å². The van der Waals surface area contributed by atoms with Gasteiger partial charge >= 0.3 is 6.03 Å². The van der Waals surface area contributed by atoms with E-state index in [2.05, 4.69) is 10.6 Å². The lowest BCUT2D eigenvalue weighted by molar-refractivity contribution is -0.137. The highest BCUT2D eigenvalue weighted by Crippen LogP contribution is 2.38. The number of benzene rings is 3. The third kappa shape index (κ3) is 6.11. The van der Waals surface area contributed by atoms with Crippen molar-refractivity contribution >= 4 is 17.8 Å². The molecule has 4 amide bonds. The number of para-hydroxylation sites is 1. The van der Waals surface area contributed by atoms with Gasteiger partial charge in [0, 0.05) is 18.5 Å². The van der Waals surface area contributed by atoms with E-state index in [1.807, 2.05) is 113 Å². The van der Waals surface area contributed by atoms with Crippen LogP contribution in [0.4, 0.5) is 4.79 Å². The Kier molecular flexibility index (Phi) is 7.83. The standard InChI is InChI=1S/C33H36N4O4/c1-5-36-27-21-37(26(30(38)35-33(2,3)4)19-22-13-8-6-9-14-22)31(39)28(27)29(34-32(36)40)23-15-12-18-25(20-23)41-24-16-10-7-11-17-24/h6-18,20,26,29H,5,19,21H2,1-4H3,(H,34,40)(H,35,38)/t26-,29-/m0/s1. The van der Waals surface area contributed by atoms with Gasteiger partial charge in [0.1, 0.15) is 17.5 Å². The van der Waals surface area contributed by atoms with Gasteiger partial charge in [0.05, 0.1) is 23.9 Å². The van der Waals surface area contributed by atoms with E-state index in [0.717, 1.165) is 11.1 Å². The predicted molar refractivity (Wildman–Crippen MR) is 157 cm³/mol. The maximum Gasteiger partial charge on any atom is 0.322 e. The number of hydrogen-bond acceptors (Lipinski definition) is 4. The van der Waals surface area contributed by atoms with Gasteiger partial charge in [-0.1, -0.05) is 60.7 Å². The van der Waals surface area contributed by atoms with Crippen LogP contribution in [-0.4, -0.2) is 52.3 Å². The average Bonchev–Trinajstić information content (AvgIpc) is 3.28. The van der Waals surface area contributed by atoms with Crippen LogP contribution < -0.4 is 15.4 Å². The molecule has 0 aliphatic carbocycles. The number of rotatable bonds is 8. The monoisotopic (exact) mass is 552 g/mol. The molecule has 2 aliphatic rings. The molecule has 5 rings (SSSR count). The Bertz CT molecular complexity index is 1460. The van der Waals surface area contributed by atoms with Crippen LogP contribution in [0.3, 0.4) is 0 Å². The van der Waals surface area contributed by atoms with Crippen LogP contribution in [-0.2, 0) is 16.0 Å². The molecule has 3 aromatic rings. The fourth-order valence-corrected chi connectivity index (χ4v) is 5.37. The Morgan fingerprint density at radius 2 is 1.63 bits per heavy atom. The molecule has 2 atom stereocenters. The summed E-state index contributed by atoms with van der Waals surface area (Å²) >= 11 is 0. The highest BCUT2D eigenvalue weighted by molar-refractivity contribution is 6.03. The Hall–Kier alpha value is -4.59. The third-order valence-corrected chi connectivity index (χ3v) is 7.19. The maximum absolute atomic E-state index is 14.2. The highest BCUT2D eigenvalue weighted by atomic mass is 16.5. The maximum atomic E-state index is 14.2. The summed E-state index contributed by atoms with van der Waals surface area (Å²) in [6.45, 7) is 8.19. The fourth-order valence-electron chi connectivity index (χ4n) is 5.37. The van der Waals surface area contributed by atoms with Gasteiger partial charge in [-0.3, -0.25) is 14.5 Å². The Morgan fingerprint density at radius 3 is 2.29 bits per heavy atom. The van der Waals surface area contributed by atoms with Crippen molar-refractivity contribution in [1.29, 1.82) is 0 Å². The normalized spacial score (nSPS) is 17.7. The van der Waals surface area contributed by atoms with E-state index in [-0.39, 0.29) is 24.4 Å². The number of nitrogens with one attached hydrogen (secondary N) is 2. The fraction of sp³-hybridized carbons (Fsp3) is 0.303. The van der Waals surface area contributed by atoms with E-state index in [9.17, 15) is 14.4 Å². The molecule has 212 valence electrons. The summed E-state index contributed by atoms with van der Waals surface area (Å²) < 4.78 is 6.03. The lowest BCUT2D eigenvalue weighted by atomic mass is 9.95. The quantitative estimate of drug-likeness (QED) is 0.403. The molecule has 8 nitrogen and oxygen atoms in total. The minimum atomic E-state index is -0.753. The molecule has 0 fully saturated rings. The zero-order chi connectivity index (χ0) is 29.1. The summed E-state index contributed by atoms with van der Waals surface area (Å²) in [7, 11) is 0. The molecular weight excluding hydrogens is 516 g/mol. The number of carbonyl (C=O) groups is 3. The van der Waals surface area contributed by atoms with E-state index in [4.69, 9.17) is 4.74 Å². The second-order valence-electron chi connectivity index (χ2n) is 11.4. The van der Waals surface area contributed by atoms with Gasteiger partial charge in [0.15, 0.2) is 0 Å². The van der Waals surface area contributed by atoms with Crippen LogP contribution in [0.15, 0.2) is 96.2 Å². The van der Waals surface area contributed by atoms with E-state index in [1.165, 1.54) is 0 Å². The summed E-state index contributed by atoms with van der Waals surface area (Å²) in [5, 5.41) is 6.09. The number of ether oxygens (including phenoxy) is 1.